The van der Waals surface area contributed by atoms with E-state index >= 15 is 0 Å². The summed E-state index contributed by atoms with van der Waals surface area (Å²) in [6, 6.07) is 4.61. The van der Waals surface area contributed by atoms with Gasteiger partial charge in [0.1, 0.15) is 0 Å². The summed E-state index contributed by atoms with van der Waals surface area (Å²) in [5.41, 5.74) is 0.367. The number of rotatable bonds is 3. The van der Waals surface area contributed by atoms with E-state index in [1.54, 1.807) is 46.8 Å². The highest BCUT2D eigenvalue weighted by Crippen LogP contribution is 2.32. The fourth-order valence-electron chi connectivity index (χ4n) is 1.48. The van der Waals surface area contributed by atoms with E-state index in [0.29, 0.717) is 10.2 Å². The van der Waals surface area contributed by atoms with Crippen molar-refractivity contribution >= 4 is 37.5 Å². The van der Waals surface area contributed by atoms with Crippen LogP contribution in [0.15, 0.2) is 27.6 Å². The second-order valence-corrected chi connectivity index (χ2v) is 9.37. The Kier molecular flexibility index (Phi) is 5.44. The predicted molar refractivity (Wildman–Crippen MR) is 86.3 cm³/mol. The number of nitrogens with one attached hydrogen (secondary N) is 1. The third kappa shape index (κ3) is 4.44. The summed E-state index contributed by atoms with van der Waals surface area (Å²) < 4.78 is 29.5. The Bertz CT molecular complexity index is 633. The highest BCUT2D eigenvalue weighted by atomic mass is 79.9. The fourth-order valence-corrected chi connectivity index (χ4v) is 3.63. The van der Waals surface area contributed by atoms with Gasteiger partial charge < -0.3 is 4.74 Å². The van der Waals surface area contributed by atoms with Gasteiger partial charge in [0.25, 0.3) is 0 Å². The molecule has 0 heterocycles. The van der Waals surface area contributed by atoms with Crippen LogP contribution in [0.4, 0.5) is 10.5 Å². The highest BCUT2D eigenvalue weighted by Gasteiger charge is 2.32. The molecule has 7 heteroatoms. The minimum atomic E-state index is -3.53. The number of halogens is 1. The van der Waals surface area contributed by atoms with Crippen LogP contribution in [0.5, 0.6) is 0 Å². The average molecular weight is 378 g/mol. The molecule has 0 atom stereocenters. The molecule has 1 amide bonds. The first kappa shape index (κ1) is 18.0. The van der Waals surface area contributed by atoms with Crippen LogP contribution in [0.25, 0.3) is 0 Å². The average Bonchev–Trinajstić information content (AvgIpc) is 2.28. The zero-order valence-electron chi connectivity index (χ0n) is 12.7. The van der Waals surface area contributed by atoms with Crippen LogP contribution in [0.1, 0.15) is 34.6 Å². The summed E-state index contributed by atoms with van der Waals surface area (Å²) in [5.74, 6) is 0. The number of carbonyl (C=O) groups excluding carboxylic acids is 1. The van der Waals surface area contributed by atoms with Gasteiger partial charge in [-0.1, -0.05) is 0 Å². The van der Waals surface area contributed by atoms with Gasteiger partial charge in [-0.15, -0.1) is 0 Å². The number of sulfone groups is 1. The Balaban J connectivity index is 3.15. The summed E-state index contributed by atoms with van der Waals surface area (Å²) in [6.07, 6.45) is -0.871. The van der Waals surface area contributed by atoms with Crippen LogP contribution >= 0.6 is 15.9 Å². The van der Waals surface area contributed by atoms with Gasteiger partial charge in [0.2, 0.25) is 0 Å². The predicted octanol–water partition coefficient (Wildman–Crippen LogP) is 3.98. The van der Waals surface area contributed by atoms with E-state index in [0.717, 1.165) is 0 Å². The Morgan fingerprint density at radius 1 is 1.29 bits per heavy atom. The van der Waals surface area contributed by atoms with Crippen LogP contribution in [-0.4, -0.2) is 25.4 Å². The maximum absolute atomic E-state index is 12.5. The van der Waals surface area contributed by atoms with E-state index in [9.17, 15) is 13.2 Å². The molecule has 0 aliphatic carbocycles. The molecular weight excluding hydrogens is 358 g/mol. The van der Waals surface area contributed by atoms with Crippen molar-refractivity contribution in [3.05, 3.63) is 22.7 Å². The minimum Gasteiger partial charge on any atom is -0.447 e. The van der Waals surface area contributed by atoms with Crippen molar-refractivity contribution in [1.29, 1.82) is 0 Å². The molecular formula is C14H20BrNO4S. The van der Waals surface area contributed by atoms with E-state index < -0.39 is 20.7 Å². The summed E-state index contributed by atoms with van der Waals surface area (Å²) >= 11 is 3.24. The van der Waals surface area contributed by atoms with Crippen molar-refractivity contribution in [2.75, 3.05) is 5.32 Å². The molecule has 0 saturated heterocycles. The van der Waals surface area contributed by atoms with Gasteiger partial charge in [0.15, 0.2) is 9.84 Å². The molecule has 0 radical (unpaired) electrons. The monoisotopic (exact) mass is 377 g/mol. The molecule has 1 N–H and O–H groups in total. The van der Waals surface area contributed by atoms with Gasteiger partial charge in [0, 0.05) is 10.2 Å². The Hall–Kier alpha value is -1.08. The lowest BCUT2D eigenvalue weighted by molar-refractivity contribution is 0.130. The third-order valence-electron chi connectivity index (χ3n) is 2.62. The largest absolute Gasteiger partial charge is 0.447 e. The van der Waals surface area contributed by atoms with Gasteiger partial charge >= 0.3 is 6.09 Å². The SMILES string of the molecule is CC(C)OC(=O)Nc1ccc(Br)c(S(=O)(=O)C(C)(C)C)c1. The van der Waals surface area contributed by atoms with Crippen LogP contribution < -0.4 is 5.32 Å². The maximum atomic E-state index is 12.5. The Labute approximate surface area is 134 Å². The first-order valence-corrected chi connectivity index (χ1v) is 8.74. The second kappa shape index (κ2) is 6.36. The van der Waals surface area contributed by atoms with Gasteiger partial charge in [-0.25, -0.2) is 13.2 Å². The number of amides is 1. The Morgan fingerprint density at radius 2 is 1.86 bits per heavy atom. The van der Waals surface area contributed by atoms with E-state index in [-0.39, 0.29) is 11.0 Å². The van der Waals surface area contributed by atoms with Crippen molar-refractivity contribution in [1.82, 2.24) is 0 Å². The minimum absolute atomic E-state index is 0.136. The van der Waals surface area contributed by atoms with Crippen LogP contribution in [0.3, 0.4) is 0 Å². The molecule has 0 fully saturated rings. The first-order chi connectivity index (χ1) is 9.45. The van der Waals surface area contributed by atoms with Crippen molar-refractivity contribution in [2.24, 2.45) is 0 Å². The molecule has 5 nitrogen and oxygen atoms in total. The van der Waals surface area contributed by atoms with E-state index in [2.05, 4.69) is 21.2 Å². The Morgan fingerprint density at radius 3 is 2.33 bits per heavy atom. The topological polar surface area (TPSA) is 72.5 Å². The van der Waals surface area contributed by atoms with Crippen LogP contribution in [0, 0.1) is 0 Å². The number of ether oxygens (including phenoxy) is 1. The number of carbonyl (C=O) groups is 1. The third-order valence-corrected chi connectivity index (χ3v) is 6.10. The molecule has 118 valence electrons. The van der Waals surface area contributed by atoms with Crippen molar-refractivity contribution in [3.63, 3.8) is 0 Å². The summed E-state index contributed by atoms with van der Waals surface area (Å²) in [4.78, 5) is 11.7. The van der Waals surface area contributed by atoms with Gasteiger partial charge in [-0.2, -0.15) is 0 Å². The van der Waals surface area contributed by atoms with Gasteiger partial charge in [-0.3, -0.25) is 5.32 Å². The molecule has 21 heavy (non-hydrogen) atoms. The highest BCUT2D eigenvalue weighted by molar-refractivity contribution is 9.10. The molecule has 0 spiro atoms. The normalized spacial score (nSPS) is 12.3. The smallest absolute Gasteiger partial charge is 0.411 e. The second-order valence-electron chi connectivity index (χ2n) is 5.84. The molecule has 0 aliphatic rings. The zero-order valence-corrected chi connectivity index (χ0v) is 15.1. The van der Waals surface area contributed by atoms with Gasteiger partial charge in [0.05, 0.1) is 15.7 Å². The molecule has 0 aromatic heterocycles. The number of hydrogen-bond donors (Lipinski definition) is 1. The molecule has 1 aromatic carbocycles. The standard InChI is InChI=1S/C14H20BrNO4S/c1-9(2)20-13(17)16-10-6-7-11(15)12(8-10)21(18,19)14(3,4)5/h6-9H,1-5H3,(H,16,17). The quantitative estimate of drug-likeness (QED) is 0.864. The van der Waals surface area contributed by atoms with Crippen molar-refractivity contribution < 1.29 is 17.9 Å². The lowest BCUT2D eigenvalue weighted by atomic mass is 10.3. The van der Waals surface area contributed by atoms with Crippen molar-refractivity contribution in [3.8, 4) is 0 Å². The maximum Gasteiger partial charge on any atom is 0.411 e. The van der Waals surface area contributed by atoms with E-state index in [1.807, 2.05) is 0 Å². The lowest BCUT2D eigenvalue weighted by Crippen LogP contribution is -2.28. The van der Waals surface area contributed by atoms with Gasteiger partial charge in [-0.05, 0) is 68.7 Å². The number of hydrogen-bond acceptors (Lipinski definition) is 4. The summed E-state index contributed by atoms with van der Waals surface area (Å²) in [6.45, 7) is 8.35. The summed E-state index contributed by atoms with van der Waals surface area (Å²) in [5, 5.41) is 2.52. The van der Waals surface area contributed by atoms with E-state index in [1.165, 1.54) is 6.07 Å². The molecule has 0 bridgehead atoms. The number of anilines is 1. The molecule has 0 saturated carbocycles. The molecule has 1 aromatic rings. The molecule has 1 rings (SSSR count). The molecule has 0 aliphatic heterocycles. The van der Waals surface area contributed by atoms with Crippen LogP contribution in [-0.2, 0) is 14.6 Å². The fraction of sp³-hybridized carbons (Fsp3) is 0.500. The van der Waals surface area contributed by atoms with Crippen LogP contribution in [0.2, 0.25) is 0 Å². The molecule has 0 unspecified atom stereocenters. The van der Waals surface area contributed by atoms with E-state index in [4.69, 9.17) is 4.74 Å². The first-order valence-electron chi connectivity index (χ1n) is 6.47. The zero-order chi connectivity index (χ0) is 16.4. The summed E-state index contributed by atoms with van der Waals surface area (Å²) in [7, 11) is -3.53. The lowest BCUT2D eigenvalue weighted by Gasteiger charge is -2.20. The number of benzene rings is 1. The van der Waals surface area contributed by atoms with Crippen molar-refractivity contribution in [2.45, 2.75) is 50.4 Å².